The van der Waals surface area contributed by atoms with Gasteiger partial charge in [-0.1, -0.05) is 303 Å². The Balaban J connectivity index is 5.30. The van der Waals surface area contributed by atoms with E-state index in [0.29, 0.717) is 25.7 Å². The Labute approximate surface area is 567 Å². The zero-order chi connectivity index (χ0) is 68.6. The second-order valence-corrected chi connectivity index (χ2v) is 29.9. The normalized spacial score (nSPS) is 14.2. The number of ether oxygens (including phenoxy) is 4. The van der Waals surface area contributed by atoms with Crippen molar-refractivity contribution in [2.45, 2.75) is 374 Å². The molecule has 0 aromatic carbocycles. The highest BCUT2D eigenvalue weighted by atomic mass is 31.2. The number of aliphatic hydroxyl groups excluding tert-OH is 1. The van der Waals surface area contributed by atoms with Crippen LogP contribution in [0.15, 0.2) is 24.3 Å². The van der Waals surface area contributed by atoms with Crippen molar-refractivity contribution in [3.05, 3.63) is 24.3 Å². The van der Waals surface area contributed by atoms with Gasteiger partial charge in [0.1, 0.15) is 19.3 Å². The monoisotopic (exact) mass is 1360 g/mol. The quantitative estimate of drug-likeness (QED) is 0.0169. The van der Waals surface area contributed by atoms with Gasteiger partial charge in [-0.2, -0.15) is 0 Å². The molecule has 0 rings (SSSR count). The van der Waals surface area contributed by atoms with Gasteiger partial charge >= 0.3 is 39.5 Å². The number of allylic oxidation sites excluding steroid dienone is 4. The Morgan fingerprint density at radius 1 is 0.333 bits per heavy atom. The molecule has 0 spiro atoms. The number of aliphatic hydroxyl groups is 1. The van der Waals surface area contributed by atoms with E-state index in [1.807, 2.05) is 0 Å². The summed E-state index contributed by atoms with van der Waals surface area (Å²) in [6, 6.07) is 0. The molecular formula is C74H140O17P2. The van der Waals surface area contributed by atoms with Gasteiger partial charge in [0.25, 0.3) is 0 Å². The van der Waals surface area contributed by atoms with Gasteiger partial charge in [0.15, 0.2) is 12.2 Å². The zero-order valence-electron chi connectivity index (χ0n) is 60.0. The average Bonchev–Trinajstić information content (AvgIpc) is 2.86. The van der Waals surface area contributed by atoms with Crippen molar-refractivity contribution < 1.29 is 80.2 Å². The van der Waals surface area contributed by atoms with Crippen LogP contribution in [-0.2, 0) is 65.4 Å². The van der Waals surface area contributed by atoms with Crippen molar-refractivity contribution in [2.24, 2.45) is 11.8 Å². The molecule has 2 unspecified atom stereocenters. The zero-order valence-corrected chi connectivity index (χ0v) is 61.8. The summed E-state index contributed by atoms with van der Waals surface area (Å²) in [4.78, 5) is 72.7. The van der Waals surface area contributed by atoms with Crippen LogP contribution in [0.1, 0.15) is 356 Å². The molecule has 0 saturated carbocycles. The predicted octanol–water partition coefficient (Wildman–Crippen LogP) is 21.1. The predicted molar refractivity (Wildman–Crippen MR) is 377 cm³/mol. The van der Waals surface area contributed by atoms with Crippen molar-refractivity contribution >= 4 is 39.5 Å². The molecule has 0 saturated heterocycles. The lowest BCUT2D eigenvalue weighted by molar-refractivity contribution is -0.161. The summed E-state index contributed by atoms with van der Waals surface area (Å²) < 4.78 is 68.4. The fourth-order valence-corrected chi connectivity index (χ4v) is 12.3. The molecule has 0 heterocycles. The number of unbranched alkanes of at least 4 members (excludes halogenated alkanes) is 38. The summed E-state index contributed by atoms with van der Waals surface area (Å²) in [5.41, 5.74) is 0. The first kappa shape index (κ1) is 90.5. The fraction of sp³-hybridized carbons (Fsp3) is 0.892. The maximum atomic E-state index is 13.1. The molecule has 3 N–H and O–H groups in total. The van der Waals surface area contributed by atoms with Crippen molar-refractivity contribution in [1.82, 2.24) is 0 Å². The van der Waals surface area contributed by atoms with Crippen LogP contribution in [0, 0.1) is 11.8 Å². The molecule has 0 radical (unpaired) electrons. The Bertz CT molecular complexity index is 1900. The number of hydrogen-bond acceptors (Lipinski definition) is 15. The van der Waals surface area contributed by atoms with Crippen LogP contribution in [-0.4, -0.2) is 96.7 Å². The van der Waals surface area contributed by atoms with Crippen LogP contribution in [0.2, 0.25) is 0 Å². The molecule has 0 aromatic heterocycles. The van der Waals surface area contributed by atoms with Crippen molar-refractivity contribution in [1.29, 1.82) is 0 Å². The highest BCUT2D eigenvalue weighted by Gasteiger charge is 2.30. The van der Waals surface area contributed by atoms with Gasteiger partial charge < -0.3 is 33.8 Å². The molecule has 0 bridgehead atoms. The summed E-state index contributed by atoms with van der Waals surface area (Å²) in [6.07, 6.45) is 54.8. The molecule has 548 valence electrons. The van der Waals surface area contributed by atoms with E-state index in [4.69, 9.17) is 37.0 Å². The number of esters is 4. The number of rotatable bonds is 71. The number of phosphoric acid groups is 2. The van der Waals surface area contributed by atoms with Crippen molar-refractivity contribution in [3.63, 3.8) is 0 Å². The summed E-state index contributed by atoms with van der Waals surface area (Å²) in [7, 11) is -9.92. The van der Waals surface area contributed by atoms with Gasteiger partial charge in [0.2, 0.25) is 0 Å². The third-order valence-electron chi connectivity index (χ3n) is 16.6. The van der Waals surface area contributed by atoms with Crippen LogP contribution in [0.5, 0.6) is 0 Å². The van der Waals surface area contributed by atoms with E-state index in [0.717, 1.165) is 115 Å². The maximum Gasteiger partial charge on any atom is 0.472 e. The van der Waals surface area contributed by atoms with E-state index < -0.39 is 97.5 Å². The molecule has 0 aliphatic rings. The van der Waals surface area contributed by atoms with E-state index in [9.17, 15) is 43.2 Å². The van der Waals surface area contributed by atoms with Crippen LogP contribution in [0.4, 0.5) is 0 Å². The first-order chi connectivity index (χ1) is 44.9. The van der Waals surface area contributed by atoms with Crippen molar-refractivity contribution in [2.75, 3.05) is 39.6 Å². The van der Waals surface area contributed by atoms with E-state index in [1.165, 1.54) is 161 Å². The highest BCUT2D eigenvalue weighted by Crippen LogP contribution is 2.45. The number of carbonyl (C=O) groups excluding carboxylic acids is 4. The van der Waals surface area contributed by atoms with Crippen LogP contribution in [0.25, 0.3) is 0 Å². The maximum absolute atomic E-state index is 13.1. The topological polar surface area (TPSA) is 237 Å². The second kappa shape index (κ2) is 65.5. The molecule has 17 nitrogen and oxygen atoms in total. The van der Waals surface area contributed by atoms with E-state index in [1.54, 1.807) is 0 Å². The molecule has 0 fully saturated rings. The van der Waals surface area contributed by atoms with Gasteiger partial charge in [0.05, 0.1) is 26.4 Å². The summed E-state index contributed by atoms with van der Waals surface area (Å²) in [5.74, 6) is -0.672. The van der Waals surface area contributed by atoms with Crippen LogP contribution >= 0.6 is 15.6 Å². The Morgan fingerprint density at radius 3 is 0.882 bits per heavy atom. The standard InChI is InChI=1S/C74H140O17P2/c1-7-9-11-13-15-17-19-21-23-25-27-33-40-46-52-58-73(78)90-69(62-84-71(76)56-50-44-38-32-26-24-22-20-18-16-14-12-10-8-2)64-88-92(80,81)86-60-68(75)61-87-93(82,83)89-65-70(91-74(79)59-53-47-41-35-29-31-37-43-49-55-67(5)6)63-85-72(77)57-51-45-39-34-28-30-36-42-48-54-66(3)4/h17,19,21,23,66-70,75H,7-16,18,20,22,24-65H2,1-6H3,(H,80,81)(H,82,83)/b19-17-,23-21-/t68-,69-,70-/m1/s1. The molecule has 19 heteroatoms. The Hall–Kier alpha value is -2.46. The van der Waals surface area contributed by atoms with E-state index in [2.05, 4.69) is 65.8 Å². The summed E-state index contributed by atoms with van der Waals surface area (Å²) in [6.45, 7) is 9.47. The summed E-state index contributed by atoms with van der Waals surface area (Å²) in [5, 5.41) is 10.6. The lowest BCUT2D eigenvalue weighted by Crippen LogP contribution is -2.30. The van der Waals surface area contributed by atoms with Gasteiger partial charge in [-0.05, 0) is 63.2 Å². The van der Waals surface area contributed by atoms with Crippen LogP contribution < -0.4 is 0 Å². The van der Waals surface area contributed by atoms with Gasteiger partial charge in [-0.25, -0.2) is 9.13 Å². The molecule has 93 heavy (non-hydrogen) atoms. The minimum absolute atomic E-state index is 0.0853. The van der Waals surface area contributed by atoms with Crippen molar-refractivity contribution in [3.8, 4) is 0 Å². The van der Waals surface area contributed by atoms with E-state index >= 15 is 0 Å². The van der Waals surface area contributed by atoms with Gasteiger partial charge in [-0.3, -0.25) is 37.3 Å². The summed E-state index contributed by atoms with van der Waals surface area (Å²) >= 11 is 0. The number of hydrogen-bond donors (Lipinski definition) is 3. The molecular weight excluding hydrogens is 1220 g/mol. The minimum Gasteiger partial charge on any atom is -0.462 e. The molecule has 5 atom stereocenters. The lowest BCUT2D eigenvalue weighted by atomic mass is 10.0. The molecule has 0 aromatic rings. The molecule has 0 amide bonds. The average molecular weight is 1360 g/mol. The number of phosphoric ester groups is 2. The first-order valence-corrected chi connectivity index (χ1v) is 40.8. The highest BCUT2D eigenvalue weighted by molar-refractivity contribution is 7.47. The largest absolute Gasteiger partial charge is 0.472 e. The minimum atomic E-state index is -4.96. The first-order valence-electron chi connectivity index (χ1n) is 37.8. The van der Waals surface area contributed by atoms with Gasteiger partial charge in [0, 0.05) is 25.7 Å². The third-order valence-corrected chi connectivity index (χ3v) is 18.5. The molecule has 0 aliphatic heterocycles. The Kier molecular flexibility index (Phi) is 63.7. The Morgan fingerprint density at radius 2 is 0.581 bits per heavy atom. The van der Waals surface area contributed by atoms with Gasteiger partial charge in [-0.15, -0.1) is 0 Å². The lowest BCUT2D eigenvalue weighted by Gasteiger charge is -2.21. The smallest absolute Gasteiger partial charge is 0.462 e. The number of carbonyl (C=O) groups is 4. The second-order valence-electron chi connectivity index (χ2n) is 27.0. The SMILES string of the molecule is CCCCCC/C=C\C=C/CCCCCCCC(=O)O[C@H](COC(=O)CCCCCCCCCCCCCCCC)COP(=O)(O)OC[C@@H](O)COP(=O)(O)OC[C@@H](COC(=O)CCCCCCCCCCCC(C)C)OC(=O)CCCCCCCCCCCC(C)C. The molecule has 0 aliphatic carbocycles. The fourth-order valence-electron chi connectivity index (χ4n) is 10.8. The van der Waals surface area contributed by atoms with Crippen LogP contribution in [0.3, 0.4) is 0 Å². The van der Waals surface area contributed by atoms with E-state index in [-0.39, 0.29) is 25.7 Å². The third kappa shape index (κ3) is 67.9.